The average molecular weight is 375 g/mol. The molecule has 0 aliphatic heterocycles. The fourth-order valence-electron chi connectivity index (χ4n) is 1.24. The van der Waals surface area contributed by atoms with Crippen LogP contribution in [0.5, 0.6) is 0 Å². The number of alkyl halides is 3. The van der Waals surface area contributed by atoms with E-state index in [1.54, 1.807) is 19.1 Å². The summed E-state index contributed by atoms with van der Waals surface area (Å²) in [6.07, 6.45) is 0. The second kappa shape index (κ2) is 6.70. The number of amides is 1. The Morgan fingerprint density at radius 2 is 1.71 bits per heavy atom. The summed E-state index contributed by atoms with van der Waals surface area (Å²) in [6.45, 7) is 1.81. The van der Waals surface area contributed by atoms with Crippen LogP contribution in [0.2, 0.25) is 0 Å². The second-order valence-corrected chi connectivity index (χ2v) is 9.24. The van der Waals surface area contributed by atoms with Crippen LogP contribution in [0.3, 0.4) is 0 Å². The first-order valence-corrected chi connectivity index (χ1v) is 8.47. The third-order valence-corrected chi connectivity index (χ3v) is 5.57. The van der Waals surface area contributed by atoms with Crippen LogP contribution >= 0.6 is 35.1 Å². The molecule has 0 atom stereocenters. The van der Waals surface area contributed by atoms with E-state index in [-0.39, 0.29) is 21.2 Å². The number of hydrogen-bond acceptors (Lipinski definition) is 4. The van der Waals surface area contributed by atoms with Crippen molar-refractivity contribution in [2.45, 2.75) is 10.8 Å². The fraction of sp³-hybridized carbons (Fsp3) is 0.364. The number of aryl methyl sites for hydroxylation is 1. The maximum absolute atomic E-state index is 13.4. The molecule has 0 fully saturated rings. The van der Waals surface area contributed by atoms with Crippen LogP contribution < -0.4 is 0 Å². The van der Waals surface area contributed by atoms with Gasteiger partial charge in [-0.15, -0.1) is 0 Å². The van der Waals surface area contributed by atoms with Gasteiger partial charge >= 0.3 is 14.1 Å². The van der Waals surface area contributed by atoms with E-state index in [0.717, 1.165) is 9.87 Å². The first-order valence-electron chi connectivity index (χ1n) is 5.55. The first kappa shape index (κ1) is 18.5. The Bertz CT molecular complexity index is 615. The van der Waals surface area contributed by atoms with Crippen LogP contribution in [-0.2, 0) is 10.2 Å². The van der Waals surface area contributed by atoms with E-state index in [9.17, 15) is 17.6 Å². The summed E-state index contributed by atoms with van der Waals surface area (Å²) in [6, 6.07) is 6.11. The Kier molecular flexibility index (Phi) is 5.91. The minimum Gasteiger partial charge on any atom is -0.267 e. The van der Waals surface area contributed by atoms with Gasteiger partial charge < -0.3 is 0 Å². The minimum atomic E-state index is -4.26. The van der Waals surface area contributed by atoms with Gasteiger partial charge in [-0.3, -0.25) is 4.79 Å². The van der Waals surface area contributed by atoms with Crippen LogP contribution in [0.4, 0.5) is 4.39 Å². The second-order valence-electron chi connectivity index (χ2n) is 4.23. The number of carbonyl (C=O) groups is 1. The highest BCUT2D eigenvalue weighted by molar-refractivity contribution is 8.10. The van der Waals surface area contributed by atoms with E-state index in [4.69, 9.17) is 23.2 Å². The maximum atomic E-state index is 13.4. The summed E-state index contributed by atoms with van der Waals surface area (Å²) in [5, 5.41) is 0. The lowest BCUT2D eigenvalue weighted by atomic mass is 10.1. The van der Waals surface area contributed by atoms with Gasteiger partial charge in [0.15, 0.2) is 0 Å². The van der Waals surface area contributed by atoms with Gasteiger partial charge in [0.05, 0.1) is 0 Å². The molecule has 0 bridgehead atoms. The van der Waals surface area contributed by atoms with Gasteiger partial charge in [-0.1, -0.05) is 40.9 Å². The van der Waals surface area contributed by atoms with Gasteiger partial charge in [-0.05, 0) is 19.1 Å². The summed E-state index contributed by atoms with van der Waals surface area (Å²) < 4.78 is 35.6. The first-order chi connectivity index (χ1) is 9.45. The fourth-order valence-corrected chi connectivity index (χ4v) is 3.97. The van der Waals surface area contributed by atoms with Crippen LogP contribution in [0.1, 0.15) is 15.9 Å². The average Bonchev–Trinajstić information content (AvgIpc) is 2.34. The Labute approximate surface area is 137 Å². The third kappa shape index (κ3) is 5.00. The predicted molar refractivity (Wildman–Crippen MR) is 83.1 cm³/mol. The number of benzene rings is 1. The van der Waals surface area contributed by atoms with Crippen molar-refractivity contribution in [1.29, 1.82) is 0 Å². The molecule has 1 amide bonds. The van der Waals surface area contributed by atoms with E-state index < -0.39 is 20.0 Å². The molecule has 1 aromatic carbocycles. The quantitative estimate of drug-likeness (QED) is 0.587. The van der Waals surface area contributed by atoms with Gasteiger partial charge in [-0.2, -0.15) is 20.8 Å². The number of carbonyl (C=O) groups excluding carboxylic acids is 1. The molecular formula is C11H13Cl2FN2O3S2. The standard InChI is InChI=1S/C11H13Cl2FN2O3S2/c1-8-4-6-9(7-5-8)10(17)16(20-11(12,13)14)21(18,19)15(2)3/h4-7H,1-3H3. The van der Waals surface area contributed by atoms with Crippen molar-refractivity contribution in [3.8, 4) is 0 Å². The summed E-state index contributed by atoms with van der Waals surface area (Å²) in [5.74, 6) is -0.947. The molecule has 0 aliphatic carbocycles. The monoisotopic (exact) mass is 374 g/mol. The Balaban J connectivity index is 3.24. The smallest absolute Gasteiger partial charge is 0.267 e. The summed E-state index contributed by atoms with van der Waals surface area (Å²) >= 11 is 10.2. The molecule has 1 rings (SSSR count). The summed E-state index contributed by atoms with van der Waals surface area (Å²) in [4.78, 5) is 12.3. The highest BCUT2D eigenvalue weighted by Crippen LogP contribution is 2.40. The van der Waals surface area contributed by atoms with Crippen molar-refractivity contribution in [1.82, 2.24) is 8.02 Å². The zero-order chi connectivity index (χ0) is 16.4. The molecule has 0 aromatic heterocycles. The summed E-state index contributed by atoms with van der Waals surface area (Å²) in [7, 11) is -1.85. The summed E-state index contributed by atoms with van der Waals surface area (Å²) in [5.41, 5.74) is 0.951. The van der Waals surface area contributed by atoms with Gasteiger partial charge in [0.1, 0.15) is 0 Å². The number of rotatable bonds is 5. The molecule has 0 aliphatic rings. The van der Waals surface area contributed by atoms with Crippen molar-refractivity contribution in [2.24, 2.45) is 0 Å². The molecule has 21 heavy (non-hydrogen) atoms. The largest absolute Gasteiger partial charge is 0.324 e. The lowest BCUT2D eigenvalue weighted by Gasteiger charge is -2.26. The van der Waals surface area contributed by atoms with Crippen LogP contribution in [-0.4, -0.2) is 40.4 Å². The number of hydrogen-bond donors (Lipinski definition) is 0. The van der Waals surface area contributed by atoms with E-state index in [0.29, 0.717) is 0 Å². The van der Waals surface area contributed by atoms with Crippen molar-refractivity contribution in [2.75, 3.05) is 14.1 Å². The van der Waals surface area contributed by atoms with Gasteiger partial charge in [0, 0.05) is 31.6 Å². The van der Waals surface area contributed by atoms with Gasteiger partial charge in [0.25, 0.3) is 5.91 Å². The molecule has 0 unspecified atom stereocenters. The molecule has 0 N–H and O–H groups in total. The van der Waals surface area contributed by atoms with E-state index in [1.807, 2.05) is 0 Å². The van der Waals surface area contributed by atoms with E-state index >= 15 is 0 Å². The van der Waals surface area contributed by atoms with E-state index in [1.165, 1.54) is 26.2 Å². The van der Waals surface area contributed by atoms with E-state index in [2.05, 4.69) is 0 Å². The van der Waals surface area contributed by atoms with Crippen molar-refractivity contribution in [3.05, 3.63) is 35.4 Å². The Hall–Kier alpha value is -0.540. The molecule has 1 aromatic rings. The number of halogens is 3. The highest BCUT2D eigenvalue weighted by atomic mass is 35.5. The molecule has 0 heterocycles. The Morgan fingerprint density at radius 1 is 1.24 bits per heavy atom. The van der Waals surface area contributed by atoms with Crippen molar-refractivity contribution < 1.29 is 17.6 Å². The maximum Gasteiger partial charge on any atom is 0.324 e. The molecule has 0 saturated carbocycles. The highest BCUT2D eigenvalue weighted by Gasteiger charge is 2.39. The zero-order valence-corrected chi connectivity index (χ0v) is 14.5. The predicted octanol–water partition coefficient (Wildman–Crippen LogP) is 2.95. The van der Waals surface area contributed by atoms with Crippen LogP contribution in [0, 0.1) is 6.92 Å². The molecule has 0 saturated heterocycles. The Morgan fingerprint density at radius 3 is 2.10 bits per heavy atom. The lowest BCUT2D eigenvalue weighted by molar-refractivity contribution is 0.0923. The molecule has 5 nitrogen and oxygen atoms in total. The molecule has 0 spiro atoms. The topological polar surface area (TPSA) is 57.7 Å². The van der Waals surface area contributed by atoms with Gasteiger partial charge in [-0.25, -0.2) is 0 Å². The molecule has 0 radical (unpaired) electrons. The van der Waals surface area contributed by atoms with Crippen molar-refractivity contribution >= 4 is 51.3 Å². The van der Waals surface area contributed by atoms with Crippen molar-refractivity contribution in [3.63, 3.8) is 0 Å². The molecular weight excluding hydrogens is 362 g/mol. The SMILES string of the molecule is Cc1ccc(C(=O)N(SC(F)(Cl)Cl)S(=O)(=O)N(C)C)cc1. The normalized spacial score (nSPS) is 12.5. The molecule has 118 valence electrons. The molecule has 10 heteroatoms. The van der Waals surface area contributed by atoms with Gasteiger partial charge in [0.2, 0.25) is 0 Å². The lowest BCUT2D eigenvalue weighted by Crippen LogP contribution is -2.41. The zero-order valence-electron chi connectivity index (χ0n) is 11.4. The minimum absolute atomic E-state index is 0.0658. The third-order valence-electron chi connectivity index (χ3n) is 2.32. The van der Waals surface area contributed by atoms with Crippen LogP contribution in [0.15, 0.2) is 24.3 Å². The number of nitrogens with zero attached hydrogens (tertiary/aromatic N) is 2. The van der Waals surface area contributed by atoms with Crippen LogP contribution in [0.25, 0.3) is 0 Å².